The third-order valence-corrected chi connectivity index (χ3v) is 3.37. The summed E-state index contributed by atoms with van der Waals surface area (Å²) in [5.41, 5.74) is 1.60. The quantitative estimate of drug-likeness (QED) is 0.918. The van der Waals surface area contributed by atoms with Gasteiger partial charge in [0, 0.05) is 12.0 Å². The highest BCUT2D eigenvalue weighted by Crippen LogP contribution is 2.28. The summed E-state index contributed by atoms with van der Waals surface area (Å²) in [6, 6.07) is 12.3. The minimum Gasteiger partial charge on any atom is -0.497 e. The number of ether oxygens (including phenoxy) is 2. The molecule has 0 aliphatic heterocycles. The van der Waals surface area contributed by atoms with Crippen molar-refractivity contribution in [2.24, 2.45) is 0 Å². The Hall–Kier alpha value is -3.00. The fourth-order valence-corrected chi connectivity index (χ4v) is 2.25. The molecule has 0 saturated heterocycles. The van der Waals surface area contributed by atoms with Crippen LogP contribution < -0.4 is 9.47 Å². The number of benzene rings is 2. The van der Waals surface area contributed by atoms with Gasteiger partial charge in [-0.2, -0.15) is 5.26 Å². The van der Waals surface area contributed by atoms with Crippen molar-refractivity contribution < 1.29 is 19.4 Å². The predicted octanol–water partition coefficient (Wildman–Crippen LogP) is 2.86. The molecule has 0 unspecified atom stereocenters. The Bertz CT molecular complexity index is 730. The zero-order valence-electron chi connectivity index (χ0n) is 12.3. The lowest BCUT2D eigenvalue weighted by molar-refractivity contribution is 0.0696. The maximum Gasteiger partial charge on any atom is 0.337 e. The molecule has 2 rings (SSSR count). The third kappa shape index (κ3) is 3.01. The van der Waals surface area contributed by atoms with Crippen molar-refractivity contribution in [3.63, 3.8) is 0 Å². The van der Waals surface area contributed by atoms with E-state index in [0.29, 0.717) is 17.7 Å². The highest BCUT2D eigenvalue weighted by Gasteiger charge is 2.18. The molecule has 0 spiro atoms. The molecule has 1 N–H and O–H groups in total. The second-order valence-corrected chi connectivity index (χ2v) is 4.61. The lowest BCUT2D eigenvalue weighted by Crippen LogP contribution is -2.06. The standard InChI is InChI=1S/C17H15NO4/c1-21-12-5-3-11(4-6-12)9-14-15(10-18)13(17(19)20)7-8-16(14)22-2/h3-8H,9H2,1-2H3,(H,19,20). The van der Waals surface area contributed by atoms with Crippen molar-refractivity contribution in [1.82, 2.24) is 0 Å². The second-order valence-electron chi connectivity index (χ2n) is 4.61. The van der Waals surface area contributed by atoms with Crippen molar-refractivity contribution in [2.75, 3.05) is 14.2 Å². The van der Waals surface area contributed by atoms with E-state index < -0.39 is 5.97 Å². The smallest absolute Gasteiger partial charge is 0.337 e. The summed E-state index contributed by atoms with van der Waals surface area (Å²) in [6.07, 6.45) is 0.400. The minimum atomic E-state index is -1.13. The average Bonchev–Trinajstić information content (AvgIpc) is 2.54. The van der Waals surface area contributed by atoms with Gasteiger partial charge in [0.2, 0.25) is 0 Å². The number of hydrogen-bond donors (Lipinski definition) is 1. The van der Waals surface area contributed by atoms with Crippen molar-refractivity contribution in [3.05, 3.63) is 58.7 Å². The molecule has 22 heavy (non-hydrogen) atoms. The molecule has 112 valence electrons. The van der Waals surface area contributed by atoms with Crippen LogP contribution in [0.25, 0.3) is 0 Å². The molecule has 0 saturated carbocycles. The largest absolute Gasteiger partial charge is 0.497 e. The molecule has 5 nitrogen and oxygen atoms in total. The Balaban J connectivity index is 2.49. The van der Waals surface area contributed by atoms with Gasteiger partial charge in [0.05, 0.1) is 25.3 Å². The maximum absolute atomic E-state index is 11.3. The Kier molecular flexibility index (Phi) is 4.64. The predicted molar refractivity (Wildman–Crippen MR) is 80.5 cm³/mol. The zero-order valence-corrected chi connectivity index (χ0v) is 12.3. The second kappa shape index (κ2) is 6.64. The molecule has 0 aliphatic rings. The summed E-state index contributed by atoms with van der Waals surface area (Å²) in [5, 5.41) is 18.6. The Labute approximate surface area is 128 Å². The van der Waals surface area contributed by atoms with E-state index in [1.165, 1.54) is 13.2 Å². The van der Waals surface area contributed by atoms with Crippen LogP contribution in [0.15, 0.2) is 36.4 Å². The Morgan fingerprint density at radius 2 is 1.82 bits per heavy atom. The molecule has 0 heterocycles. The molecule has 0 bridgehead atoms. The topological polar surface area (TPSA) is 79.6 Å². The molecule has 5 heteroatoms. The first kappa shape index (κ1) is 15.4. The van der Waals surface area contributed by atoms with Crippen molar-refractivity contribution in [1.29, 1.82) is 5.26 Å². The average molecular weight is 297 g/mol. The first-order chi connectivity index (χ1) is 10.6. The van der Waals surface area contributed by atoms with Gasteiger partial charge in [0.25, 0.3) is 0 Å². The fourth-order valence-electron chi connectivity index (χ4n) is 2.25. The van der Waals surface area contributed by atoms with E-state index in [1.54, 1.807) is 13.2 Å². The molecule has 0 aromatic heterocycles. The van der Waals surface area contributed by atoms with Crippen LogP contribution in [0.4, 0.5) is 0 Å². The number of nitrogens with zero attached hydrogens (tertiary/aromatic N) is 1. The summed E-state index contributed by atoms with van der Waals surface area (Å²) in [6.45, 7) is 0. The maximum atomic E-state index is 11.3. The van der Waals surface area contributed by atoms with Gasteiger partial charge in [-0.3, -0.25) is 0 Å². The summed E-state index contributed by atoms with van der Waals surface area (Å²) >= 11 is 0. The molecule has 0 aliphatic carbocycles. The molecule has 0 amide bonds. The highest BCUT2D eigenvalue weighted by molar-refractivity contribution is 5.91. The number of hydrogen-bond acceptors (Lipinski definition) is 4. The van der Waals surface area contributed by atoms with Gasteiger partial charge in [-0.05, 0) is 29.8 Å². The summed E-state index contributed by atoms with van der Waals surface area (Å²) < 4.78 is 10.4. The van der Waals surface area contributed by atoms with E-state index in [1.807, 2.05) is 30.3 Å². The van der Waals surface area contributed by atoms with Crippen LogP contribution in [0.3, 0.4) is 0 Å². The number of carbonyl (C=O) groups is 1. The van der Waals surface area contributed by atoms with Gasteiger partial charge in [-0.1, -0.05) is 12.1 Å². The van der Waals surface area contributed by atoms with Gasteiger partial charge in [0.1, 0.15) is 17.6 Å². The monoisotopic (exact) mass is 297 g/mol. The van der Waals surface area contributed by atoms with Crippen LogP contribution in [0.1, 0.15) is 27.0 Å². The van der Waals surface area contributed by atoms with E-state index in [2.05, 4.69) is 0 Å². The summed E-state index contributed by atoms with van der Waals surface area (Å²) in [5.74, 6) is 0.100. The van der Waals surface area contributed by atoms with Crippen LogP contribution in [0, 0.1) is 11.3 Å². The first-order valence-electron chi connectivity index (χ1n) is 6.57. The van der Waals surface area contributed by atoms with Crippen LogP contribution in [-0.2, 0) is 6.42 Å². The SMILES string of the molecule is COc1ccc(Cc2c(OC)ccc(C(=O)O)c2C#N)cc1. The van der Waals surface area contributed by atoms with Crippen molar-refractivity contribution >= 4 is 5.97 Å². The van der Waals surface area contributed by atoms with Gasteiger partial charge in [-0.15, -0.1) is 0 Å². The number of nitriles is 1. The van der Waals surface area contributed by atoms with Crippen LogP contribution in [-0.4, -0.2) is 25.3 Å². The number of carboxylic acid groups (broad SMARTS) is 1. The third-order valence-electron chi connectivity index (χ3n) is 3.37. The van der Waals surface area contributed by atoms with E-state index >= 15 is 0 Å². The molecular weight excluding hydrogens is 282 g/mol. The van der Waals surface area contributed by atoms with Crippen LogP contribution >= 0.6 is 0 Å². The van der Waals surface area contributed by atoms with Gasteiger partial charge >= 0.3 is 5.97 Å². The normalized spacial score (nSPS) is 9.86. The molecule has 0 radical (unpaired) electrons. The number of rotatable bonds is 5. The van der Waals surface area contributed by atoms with E-state index in [4.69, 9.17) is 9.47 Å². The highest BCUT2D eigenvalue weighted by atomic mass is 16.5. The van der Waals surface area contributed by atoms with Gasteiger partial charge in [0.15, 0.2) is 0 Å². The number of carboxylic acids is 1. The zero-order chi connectivity index (χ0) is 16.1. The Morgan fingerprint density at radius 1 is 1.14 bits per heavy atom. The van der Waals surface area contributed by atoms with Crippen LogP contribution in [0.5, 0.6) is 11.5 Å². The molecule has 0 fully saturated rings. The molecule has 2 aromatic carbocycles. The van der Waals surface area contributed by atoms with E-state index in [-0.39, 0.29) is 11.1 Å². The first-order valence-corrected chi connectivity index (χ1v) is 6.57. The molecule has 2 aromatic rings. The summed E-state index contributed by atoms with van der Waals surface area (Å²) in [7, 11) is 3.08. The van der Waals surface area contributed by atoms with Gasteiger partial charge < -0.3 is 14.6 Å². The minimum absolute atomic E-state index is 0.0215. The van der Waals surface area contributed by atoms with E-state index in [0.717, 1.165) is 11.3 Å². The molecule has 0 atom stereocenters. The van der Waals surface area contributed by atoms with Gasteiger partial charge in [-0.25, -0.2) is 4.79 Å². The number of methoxy groups -OCH3 is 2. The van der Waals surface area contributed by atoms with Crippen molar-refractivity contribution in [2.45, 2.75) is 6.42 Å². The molecular formula is C17H15NO4. The lowest BCUT2D eigenvalue weighted by Gasteiger charge is -2.12. The lowest BCUT2D eigenvalue weighted by atomic mass is 9.95. The Morgan fingerprint density at radius 3 is 2.32 bits per heavy atom. The fraction of sp³-hybridized carbons (Fsp3) is 0.176. The van der Waals surface area contributed by atoms with E-state index in [9.17, 15) is 15.2 Å². The number of aromatic carboxylic acids is 1. The summed E-state index contributed by atoms with van der Waals surface area (Å²) in [4.78, 5) is 11.3. The van der Waals surface area contributed by atoms with Crippen molar-refractivity contribution in [3.8, 4) is 17.6 Å². The van der Waals surface area contributed by atoms with Crippen LogP contribution in [0.2, 0.25) is 0 Å².